The Bertz CT molecular complexity index is 408. The van der Waals surface area contributed by atoms with Gasteiger partial charge in [-0.25, -0.2) is 0 Å². The minimum Gasteiger partial charge on any atom is -0.314 e. The van der Waals surface area contributed by atoms with Crippen molar-refractivity contribution in [1.82, 2.24) is 5.32 Å². The summed E-state index contributed by atoms with van der Waals surface area (Å²) in [5.41, 5.74) is 3.15. The summed E-state index contributed by atoms with van der Waals surface area (Å²) in [6.07, 6.45) is 4.04. The summed E-state index contributed by atoms with van der Waals surface area (Å²) in [5.74, 6) is 1.77. The molecule has 0 spiro atoms. The lowest BCUT2D eigenvalue weighted by molar-refractivity contribution is 0.344. The van der Waals surface area contributed by atoms with Gasteiger partial charge in [0.15, 0.2) is 0 Å². The molecule has 1 fully saturated rings. The number of likely N-dealkylation sites (N-methyl/N-ethyl adjacent to an activating group) is 1. The summed E-state index contributed by atoms with van der Waals surface area (Å²) < 4.78 is 0. The van der Waals surface area contributed by atoms with Crippen molar-refractivity contribution >= 4 is 0 Å². The van der Waals surface area contributed by atoms with E-state index in [0.717, 1.165) is 24.8 Å². The summed E-state index contributed by atoms with van der Waals surface area (Å²) in [7, 11) is 0. The molecule has 2 unspecified atom stereocenters. The van der Waals surface area contributed by atoms with E-state index in [4.69, 9.17) is 0 Å². The first-order valence-electron chi connectivity index (χ1n) is 8.24. The minimum absolute atomic E-state index is 0.251. The van der Waals surface area contributed by atoms with Crippen molar-refractivity contribution in [2.75, 3.05) is 6.54 Å². The molecule has 112 valence electrons. The highest BCUT2D eigenvalue weighted by molar-refractivity contribution is 5.28. The Balaban J connectivity index is 2.02. The fourth-order valence-electron chi connectivity index (χ4n) is 3.05. The zero-order chi connectivity index (χ0) is 14.8. The van der Waals surface area contributed by atoms with Crippen molar-refractivity contribution in [2.24, 2.45) is 11.8 Å². The van der Waals surface area contributed by atoms with Gasteiger partial charge in [-0.15, -0.1) is 0 Å². The Morgan fingerprint density at radius 2 is 1.75 bits per heavy atom. The molecule has 2 atom stereocenters. The van der Waals surface area contributed by atoms with Crippen molar-refractivity contribution in [3.63, 3.8) is 0 Å². The highest BCUT2D eigenvalue weighted by Gasteiger charge is 2.32. The van der Waals surface area contributed by atoms with Crippen LogP contribution in [0, 0.1) is 11.8 Å². The second kappa shape index (κ2) is 6.30. The zero-order valence-electron chi connectivity index (χ0n) is 13.9. The molecule has 0 aromatic heterocycles. The van der Waals surface area contributed by atoms with Gasteiger partial charge in [0, 0.05) is 6.04 Å². The van der Waals surface area contributed by atoms with Gasteiger partial charge < -0.3 is 5.32 Å². The molecule has 0 bridgehead atoms. The lowest BCUT2D eigenvalue weighted by atomic mass is 9.85. The molecule has 1 aliphatic carbocycles. The van der Waals surface area contributed by atoms with Crippen LogP contribution in [0.15, 0.2) is 24.3 Å². The van der Waals surface area contributed by atoms with Crippen LogP contribution in [0.2, 0.25) is 0 Å². The second-order valence-corrected chi connectivity index (χ2v) is 7.51. The molecule has 1 aliphatic rings. The zero-order valence-corrected chi connectivity index (χ0v) is 13.9. The molecule has 1 heteroatoms. The van der Waals surface area contributed by atoms with Gasteiger partial charge in [0.2, 0.25) is 0 Å². The first kappa shape index (κ1) is 15.6. The van der Waals surface area contributed by atoms with E-state index in [1.54, 1.807) is 0 Å². The molecule has 0 amide bonds. The van der Waals surface area contributed by atoms with Crippen LogP contribution >= 0.6 is 0 Å². The predicted octanol–water partition coefficient (Wildman–Crippen LogP) is 4.55. The van der Waals surface area contributed by atoms with Crippen molar-refractivity contribution in [1.29, 1.82) is 0 Å². The third-order valence-corrected chi connectivity index (χ3v) is 4.74. The van der Waals surface area contributed by atoms with E-state index in [2.05, 4.69) is 64.2 Å². The highest BCUT2D eigenvalue weighted by atomic mass is 14.9. The Kier molecular flexibility index (Phi) is 4.90. The molecule has 2 rings (SSSR count). The maximum absolute atomic E-state index is 3.70. The Hall–Kier alpha value is -0.820. The fraction of sp³-hybridized carbons (Fsp3) is 0.684. The predicted molar refractivity (Wildman–Crippen MR) is 88.2 cm³/mol. The van der Waals surface area contributed by atoms with Crippen molar-refractivity contribution in [3.8, 4) is 0 Å². The standard InChI is InChI=1S/C19H31N/c1-6-20-18(14(2)16-9-10-16)13-15-7-11-17(12-8-15)19(3,4)5/h7-8,11-12,14,16,18,20H,6,9-10,13H2,1-5H3. The topological polar surface area (TPSA) is 12.0 Å². The summed E-state index contributed by atoms with van der Waals surface area (Å²) in [5, 5.41) is 3.70. The van der Waals surface area contributed by atoms with Gasteiger partial charge in [-0.05, 0) is 54.2 Å². The van der Waals surface area contributed by atoms with Crippen LogP contribution in [0.1, 0.15) is 58.6 Å². The molecule has 1 aromatic rings. The van der Waals surface area contributed by atoms with E-state index in [0.29, 0.717) is 6.04 Å². The van der Waals surface area contributed by atoms with E-state index in [1.807, 2.05) is 0 Å². The average Bonchev–Trinajstić information content (AvgIpc) is 3.21. The molecular formula is C19H31N. The number of hydrogen-bond donors (Lipinski definition) is 1. The van der Waals surface area contributed by atoms with E-state index in [9.17, 15) is 0 Å². The molecule has 0 radical (unpaired) electrons. The molecule has 1 N–H and O–H groups in total. The third kappa shape index (κ3) is 4.09. The summed E-state index contributed by atoms with van der Waals surface area (Å²) >= 11 is 0. The summed E-state index contributed by atoms with van der Waals surface area (Å²) in [6.45, 7) is 12.5. The van der Waals surface area contributed by atoms with Gasteiger partial charge in [0.05, 0.1) is 0 Å². The SMILES string of the molecule is CCNC(Cc1ccc(C(C)(C)C)cc1)C(C)C1CC1. The third-order valence-electron chi connectivity index (χ3n) is 4.74. The number of rotatable bonds is 6. The second-order valence-electron chi connectivity index (χ2n) is 7.51. The van der Waals surface area contributed by atoms with Crippen molar-refractivity contribution in [3.05, 3.63) is 35.4 Å². The van der Waals surface area contributed by atoms with Gasteiger partial charge in [-0.1, -0.05) is 58.9 Å². The van der Waals surface area contributed by atoms with E-state index in [1.165, 1.54) is 24.0 Å². The molecular weight excluding hydrogens is 242 g/mol. The van der Waals surface area contributed by atoms with Gasteiger partial charge in [0.25, 0.3) is 0 Å². The van der Waals surface area contributed by atoms with Gasteiger partial charge >= 0.3 is 0 Å². The average molecular weight is 273 g/mol. The van der Waals surface area contributed by atoms with E-state index in [-0.39, 0.29) is 5.41 Å². The lowest BCUT2D eigenvalue weighted by Crippen LogP contribution is -2.37. The normalized spacial score (nSPS) is 18.9. The van der Waals surface area contributed by atoms with Crippen LogP contribution in [0.25, 0.3) is 0 Å². The first-order valence-corrected chi connectivity index (χ1v) is 8.24. The van der Waals surface area contributed by atoms with Crippen LogP contribution in [0.3, 0.4) is 0 Å². The van der Waals surface area contributed by atoms with Gasteiger partial charge in [-0.3, -0.25) is 0 Å². The smallest absolute Gasteiger partial charge is 0.0136 e. The molecule has 0 saturated heterocycles. The molecule has 0 aliphatic heterocycles. The maximum atomic E-state index is 3.70. The van der Waals surface area contributed by atoms with Gasteiger partial charge in [-0.2, -0.15) is 0 Å². The molecule has 1 saturated carbocycles. The molecule has 0 heterocycles. The van der Waals surface area contributed by atoms with E-state index >= 15 is 0 Å². The molecule has 1 aromatic carbocycles. The van der Waals surface area contributed by atoms with Crippen LogP contribution in [0.4, 0.5) is 0 Å². The minimum atomic E-state index is 0.251. The van der Waals surface area contributed by atoms with E-state index < -0.39 is 0 Å². The monoisotopic (exact) mass is 273 g/mol. The molecule has 1 nitrogen and oxygen atoms in total. The maximum Gasteiger partial charge on any atom is 0.0136 e. The fourth-order valence-corrected chi connectivity index (χ4v) is 3.05. The Morgan fingerprint density at radius 3 is 2.20 bits per heavy atom. The lowest BCUT2D eigenvalue weighted by Gasteiger charge is -2.25. The Labute approximate surface area is 125 Å². The van der Waals surface area contributed by atoms with Crippen LogP contribution in [-0.2, 0) is 11.8 Å². The van der Waals surface area contributed by atoms with Crippen LogP contribution in [0.5, 0.6) is 0 Å². The van der Waals surface area contributed by atoms with Crippen LogP contribution in [-0.4, -0.2) is 12.6 Å². The number of benzene rings is 1. The summed E-state index contributed by atoms with van der Waals surface area (Å²) in [4.78, 5) is 0. The van der Waals surface area contributed by atoms with Crippen LogP contribution < -0.4 is 5.32 Å². The van der Waals surface area contributed by atoms with Crippen molar-refractivity contribution < 1.29 is 0 Å². The number of nitrogens with one attached hydrogen (secondary N) is 1. The quantitative estimate of drug-likeness (QED) is 0.801. The summed E-state index contributed by atoms with van der Waals surface area (Å²) in [6, 6.07) is 9.89. The van der Waals surface area contributed by atoms with Gasteiger partial charge in [0.1, 0.15) is 0 Å². The number of hydrogen-bond acceptors (Lipinski definition) is 1. The largest absolute Gasteiger partial charge is 0.314 e. The Morgan fingerprint density at radius 1 is 1.15 bits per heavy atom. The van der Waals surface area contributed by atoms with Crippen molar-refractivity contribution in [2.45, 2.75) is 65.3 Å². The highest BCUT2D eigenvalue weighted by Crippen LogP contribution is 2.38. The molecule has 20 heavy (non-hydrogen) atoms. The first-order chi connectivity index (χ1) is 9.41.